The van der Waals surface area contributed by atoms with Gasteiger partial charge in [0.15, 0.2) is 5.82 Å². The number of unbranched alkanes of at least 4 members (excludes halogenated alkanes) is 1. The second-order valence-corrected chi connectivity index (χ2v) is 9.12. The summed E-state index contributed by atoms with van der Waals surface area (Å²) in [7, 11) is 0. The van der Waals surface area contributed by atoms with Crippen LogP contribution in [0.15, 0.2) is 36.8 Å². The number of amides is 1. The van der Waals surface area contributed by atoms with Crippen LogP contribution in [0.5, 0.6) is 0 Å². The van der Waals surface area contributed by atoms with E-state index in [9.17, 15) is 4.79 Å². The quantitative estimate of drug-likeness (QED) is 0.361. The molecule has 0 aliphatic carbocycles. The molecule has 0 bridgehead atoms. The highest BCUT2D eigenvalue weighted by Crippen LogP contribution is 2.31. The number of benzene rings is 1. The second kappa shape index (κ2) is 12.6. The lowest BCUT2D eigenvalue weighted by Gasteiger charge is -2.22. The van der Waals surface area contributed by atoms with Gasteiger partial charge in [-0.1, -0.05) is 19.4 Å². The summed E-state index contributed by atoms with van der Waals surface area (Å²) in [5.74, 6) is 0.798. The van der Waals surface area contributed by atoms with E-state index in [4.69, 9.17) is 10.5 Å². The maximum absolute atomic E-state index is 12.4. The third-order valence-electron chi connectivity index (χ3n) is 6.37. The zero-order chi connectivity index (χ0) is 24.5. The van der Waals surface area contributed by atoms with E-state index in [1.807, 2.05) is 24.5 Å². The first-order chi connectivity index (χ1) is 17.2. The number of ether oxygens (including phenoxy) is 1. The third-order valence-corrected chi connectivity index (χ3v) is 6.37. The summed E-state index contributed by atoms with van der Waals surface area (Å²) in [5.41, 5.74) is 10.9. The number of nitrogens with two attached hydrogens (primary N) is 1. The minimum absolute atomic E-state index is 0.0437. The monoisotopic (exact) mass is 476 g/mol. The number of nitrogens with zero attached hydrogens (tertiary/aromatic N) is 3. The summed E-state index contributed by atoms with van der Waals surface area (Å²) in [6, 6.07) is 6.05. The lowest BCUT2D eigenvalue weighted by Crippen LogP contribution is -2.46. The maximum atomic E-state index is 12.4. The van der Waals surface area contributed by atoms with Crippen molar-refractivity contribution in [2.75, 3.05) is 25.4 Å². The van der Waals surface area contributed by atoms with Crippen LogP contribution in [0, 0.1) is 0 Å². The molecule has 0 unspecified atom stereocenters. The first-order valence-electron chi connectivity index (χ1n) is 12.7. The van der Waals surface area contributed by atoms with Crippen LogP contribution in [0.1, 0.15) is 56.8 Å². The molecule has 186 valence electrons. The normalized spacial score (nSPS) is 15.9. The van der Waals surface area contributed by atoms with Gasteiger partial charge in [-0.3, -0.25) is 9.78 Å². The van der Waals surface area contributed by atoms with Crippen molar-refractivity contribution in [3.05, 3.63) is 48.2 Å². The lowest BCUT2D eigenvalue weighted by atomic mass is 9.93. The Kier molecular flexibility index (Phi) is 8.97. The molecular weight excluding hydrogens is 440 g/mol. The number of fused-ring (bicyclic) bond motifs is 1. The molecule has 0 radical (unpaired) electrons. The number of carbonyl (C=O) groups excluding carboxylic acids is 1. The van der Waals surface area contributed by atoms with E-state index < -0.39 is 0 Å². The van der Waals surface area contributed by atoms with Gasteiger partial charge in [-0.25, -0.2) is 9.97 Å². The van der Waals surface area contributed by atoms with Gasteiger partial charge in [0.05, 0.1) is 23.4 Å². The number of piperidine rings is 1. The smallest absolute Gasteiger partial charge is 0.237 e. The van der Waals surface area contributed by atoms with Crippen molar-refractivity contribution in [3.63, 3.8) is 0 Å². The van der Waals surface area contributed by atoms with Crippen LogP contribution in [-0.4, -0.2) is 46.6 Å². The summed E-state index contributed by atoms with van der Waals surface area (Å²) >= 11 is 0. The molecule has 1 amide bonds. The summed E-state index contributed by atoms with van der Waals surface area (Å²) in [5, 5.41) is 7.45. The molecule has 1 aliphatic rings. The molecule has 3 aromatic rings. The summed E-state index contributed by atoms with van der Waals surface area (Å²) < 4.78 is 5.56. The number of aromatic nitrogens is 3. The molecule has 1 aliphatic heterocycles. The van der Waals surface area contributed by atoms with E-state index in [1.165, 1.54) is 5.56 Å². The number of aryl methyl sites for hydroxylation is 1. The first kappa shape index (κ1) is 25.0. The van der Waals surface area contributed by atoms with Crippen LogP contribution >= 0.6 is 0 Å². The van der Waals surface area contributed by atoms with Crippen molar-refractivity contribution in [1.82, 2.24) is 25.6 Å². The molecule has 8 nitrogen and oxygen atoms in total. The van der Waals surface area contributed by atoms with Gasteiger partial charge in [-0.2, -0.15) is 0 Å². The highest BCUT2D eigenvalue weighted by molar-refractivity contribution is 5.90. The van der Waals surface area contributed by atoms with Crippen LogP contribution in [0.2, 0.25) is 0 Å². The standard InChI is InChI=1S/C27H36N6O2/c1-2-13-35-18-26-32-15-19(16-33-26)21-9-10-24-23(14-20(28)17-31-24)22(21)7-3-5-12-30-27(34)25-8-4-6-11-29-25/h9-10,14-17,25,29H,2-8,11-13,18,28H2,1H3,(H,30,34)/t25-/m0/s1. The van der Waals surface area contributed by atoms with Crippen molar-refractivity contribution in [1.29, 1.82) is 0 Å². The number of hydrogen-bond acceptors (Lipinski definition) is 7. The van der Waals surface area contributed by atoms with Crippen LogP contribution in [0.4, 0.5) is 5.69 Å². The van der Waals surface area contributed by atoms with E-state index in [2.05, 4.69) is 38.6 Å². The molecule has 3 heterocycles. The largest absolute Gasteiger partial charge is 0.397 e. The van der Waals surface area contributed by atoms with Gasteiger partial charge in [0, 0.05) is 36.5 Å². The average molecular weight is 477 g/mol. The molecule has 4 rings (SSSR count). The van der Waals surface area contributed by atoms with E-state index in [-0.39, 0.29) is 11.9 Å². The summed E-state index contributed by atoms with van der Waals surface area (Å²) in [4.78, 5) is 25.9. The number of hydrogen-bond donors (Lipinski definition) is 3. The Bertz CT molecular complexity index is 1110. The SMILES string of the molecule is CCCOCc1ncc(-c2ccc3ncc(N)cc3c2CCCCNC(=O)[C@@H]2CCCCN2)cn1. The van der Waals surface area contributed by atoms with Crippen LogP contribution in [0.25, 0.3) is 22.0 Å². The predicted molar refractivity (Wildman–Crippen MR) is 139 cm³/mol. The Hall–Kier alpha value is -3.10. The number of carbonyl (C=O) groups is 1. The molecule has 35 heavy (non-hydrogen) atoms. The molecular formula is C27H36N6O2. The maximum Gasteiger partial charge on any atom is 0.237 e. The Morgan fingerprint density at radius 1 is 1.17 bits per heavy atom. The van der Waals surface area contributed by atoms with Crippen molar-refractivity contribution in [3.8, 4) is 11.1 Å². The number of nitrogen functional groups attached to an aromatic ring is 1. The number of pyridine rings is 1. The molecule has 1 atom stereocenters. The molecule has 0 spiro atoms. The Balaban J connectivity index is 1.45. The highest BCUT2D eigenvalue weighted by atomic mass is 16.5. The van der Waals surface area contributed by atoms with Crippen LogP contribution < -0.4 is 16.4 Å². The first-order valence-corrected chi connectivity index (χ1v) is 12.7. The topological polar surface area (TPSA) is 115 Å². The number of anilines is 1. The Morgan fingerprint density at radius 3 is 2.80 bits per heavy atom. The molecule has 1 aromatic carbocycles. The molecule has 2 aromatic heterocycles. The molecule has 1 saturated heterocycles. The average Bonchev–Trinajstić information content (AvgIpc) is 2.89. The zero-order valence-corrected chi connectivity index (χ0v) is 20.6. The highest BCUT2D eigenvalue weighted by Gasteiger charge is 2.19. The fraction of sp³-hybridized carbons (Fsp3) is 0.481. The van der Waals surface area contributed by atoms with E-state index in [1.54, 1.807) is 6.20 Å². The summed E-state index contributed by atoms with van der Waals surface area (Å²) in [6.45, 7) is 4.80. The molecule has 0 saturated carbocycles. The van der Waals surface area contributed by atoms with Crippen LogP contribution in [0.3, 0.4) is 0 Å². The van der Waals surface area contributed by atoms with Crippen molar-refractivity contribution in [2.45, 2.75) is 64.5 Å². The lowest BCUT2D eigenvalue weighted by molar-refractivity contribution is -0.123. The van der Waals surface area contributed by atoms with Gasteiger partial charge in [0.2, 0.25) is 5.91 Å². The minimum atomic E-state index is -0.0437. The molecule has 1 fully saturated rings. The van der Waals surface area contributed by atoms with Crippen LogP contribution in [-0.2, 0) is 22.6 Å². The molecule has 4 N–H and O–H groups in total. The van der Waals surface area contributed by atoms with Crippen molar-refractivity contribution in [2.24, 2.45) is 0 Å². The van der Waals surface area contributed by atoms with Gasteiger partial charge < -0.3 is 21.1 Å². The molecule has 8 heteroatoms. The van der Waals surface area contributed by atoms with Gasteiger partial charge in [-0.05, 0) is 68.3 Å². The van der Waals surface area contributed by atoms with Gasteiger partial charge >= 0.3 is 0 Å². The van der Waals surface area contributed by atoms with Gasteiger partial charge in [0.1, 0.15) is 6.61 Å². The zero-order valence-electron chi connectivity index (χ0n) is 20.6. The second-order valence-electron chi connectivity index (χ2n) is 9.12. The fourth-order valence-electron chi connectivity index (χ4n) is 4.53. The van der Waals surface area contributed by atoms with Crippen molar-refractivity contribution >= 4 is 22.5 Å². The Morgan fingerprint density at radius 2 is 2.03 bits per heavy atom. The minimum Gasteiger partial charge on any atom is -0.397 e. The van der Waals surface area contributed by atoms with Gasteiger partial charge in [0.25, 0.3) is 0 Å². The van der Waals surface area contributed by atoms with E-state index in [0.717, 1.165) is 73.5 Å². The number of rotatable bonds is 11. The van der Waals surface area contributed by atoms with Gasteiger partial charge in [-0.15, -0.1) is 0 Å². The summed E-state index contributed by atoms with van der Waals surface area (Å²) in [6.07, 6.45) is 12.2. The van der Waals surface area contributed by atoms with E-state index in [0.29, 0.717) is 31.3 Å². The Labute approximate surface area is 207 Å². The van der Waals surface area contributed by atoms with E-state index >= 15 is 0 Å². The third kappa shape index (κ3) is 6.74. The fourth-order valence-corrected chi connectivity index (χ4v) is 4.53. The number of nitrogens with one attached hydrogen (secondary N) is 2. The predicted octanol–water partition coefficient (Wildman–Crippen LogP) is 3.78. The van der Waals surface area contributed by atoms with Crippen molar-refractivity contribution < 1.29 is 9.53 Å².